The van der Waals surface area contributed by atoms with Crippen LogP contribution in [0.5, 0.6) is 0 Å². The van der Waals surface area contributed by atoms with Crippen molar-refractivity contribution in [2.45, 2.75) is 37.2 Å². The van der Waals surface area contributed by atoms with Crippen LogP contribution in [0.4, 0.5) is 35.1 Å². The van der Waals surface area contributed by atoms with Gasteiger partial charge in [0, 0.05) is 0 Å². The maximum atomic E-state index is 12.3. The fourth-order valence-corrected chi connectivity index (χ4v) is 0.668. The van der Waals surface area contributed by atoms with E-state index >= 15 is 0 Å². The van der Waals surface area contributed by atoms with Gasteiger partial charge in [-0.2, -0.15) is 8.78 Å². The first-order chi connectivity index (χ1) is 6.59. The van der Waals surface area contributed by atoms with E-state index in [1.807, 2.05) is 0 Å². The average molecular weight is 246 g/mol. The van der Waals surface area contributed by atoms with Gasteiger partial charge in [0.15, 0.2) is 18.5 Å². The predicted octanol–water partition coefficient (Wildman–Crippen LogP) is 2.19. The molecular weight excluding hydrogens is 240 g/mol. The molecule has 0 saturated heterocycles. The number of alkyl halides is 8. The fraction of sp³-hybridized carbons (Fsp3) is 1.00. The molecule has 0 fully saturated rings. The predicted molar refractivity (Wildman–Crippen MR) is 32.8 cm³/mol. The van der Waals surface area contributed by atoms with Gasteiger partial charge >= 0.3 is 6.11 Å². The molecule has 0 aliphatic rings. The van der Waals surface area contributed by atoms with E-state index in [9.17, 15) is 35.1 Å². The lowest BCUT2D eigenvalue weighted by Crippen LogP contribution is -2.46. The Bertz CT molecular complexity index is 192. The topological polar surface area (TPSA) is 20.2 Å². The molecule has 0 radical (unpaired) electrons. The van der Waals surface area contributed by atoms with Crippen LogP contribution in [0.1, 0.15) is 0 Å². The molecule has 0 aliphatic carbocycles. The first kappa shape index (κ1) is 14.4. The van der Waals surface area contributed by atoms with Crippen molar-refractivity contribution in [2.24, 2.45) is 0 Å². The summed E-state index contributed by atoms with van der Waals surface area (Å²) in [5.74, 6) is 0. The third-order valence-electron chi connectivity index (χ3n) is 1.46. The minimum absolute atomic E-state index is 3.74. The van der Waals surface area contributed by atoms with E-state index in [-0.39, 0.29) is 0 Å². The van der Waals surface area contributed by atoms with Crippen LogP contribution in [0.25, 0.3) is 0 Å². The van der Waals surface area contributed by atoms with E-state index in [0.717, 1.165) is 0 Å². The summed E-state index contributed by atoms with van der Waals surface area (Å²) in [6, 6.07) is 0. The zero-order valence-corrected chi connectivity index (χ0v) is 6.86. The third kappa shape index (κ3) is 3.80. The Balaban J connectivity index is 4.51. The summed E-state index contributed by atoms with van der Waals surface area (Å²) < 4.78 is 95.1. The lowest BCUT2D eigenvalue weighted by Gasteiger charge is -2.22. The Morgan fingerprint density at radius 1 is 0.733 bits per heavy atom. The van der Waals surface area contributed by atoms with E-state index < -0.39 is 37.2 Å². The molecule has 4 unspecified atom stereocenters. The largest absolute Gasteiger partial charge is 0.387 e. The van der Waals surface area contributed by atoms with Crippen molar-refractivity contribution in [3.63, 3.8) is 0 Å². The molecule has 1 nitrogen and oxygen atoms in total. The number of rotatable bonds is 5. The summed E-state index contributed by atoms with van der Waals surface area (Å²) >= 11 is 0. The first-order valence-corrected chi connectivity index (χ1v) is 3.53. The van der Waals surface area contributed by atoms with Crippen LogP contribution >= 0.6 is 0 Å². The van der Waals surface area contributed by atoms with E-state index in [0.29, 0.717) is 0 Å². The smallest absolute Gasteiger partial charge is 0.334 e. The van der Waals surface area contributed by atoms with Gasteiger partial charge in [-0.1, -0.05) is 0 Å². The molecule has 0 rings (SSSR count). The highest BCUT2D eigenvalue weighted by atomic mass is 19.3. The summed E-state index contributed by atoms with van der Waals surface area (Å²) in [4.78, 5) is 0. The molecule has 0 amide bonds. The summed E-state index contributed by atoms with van der Waals surface area (Å²) in [7, 11) is 0. The van der Waals surface area contributed by atoms with Gasteiger partial charge in [-0.25, -0.2) is 26.3 Å². The molecular formula is C6H6F8O. The van der Waals surface area contributed by atoms with E-state index in [4.69, 9.17) is 5.11 Å². The second kappa shape index (κ2) is 4.95. The molecule has 4 atom stereocenters. The number of aliphatic hydroxyl groups is 1. The first-order valence-electron chi connectivity index (χ1n) is 3.53. The van der Waals surface area contributed by atoms with Gasteiger partial charge in [-0.3, -0.25) is 0 Å². The Labute approximate surface area is 78.7 Å². The van der Waals surface area contributed by atoms with Crippen LogP contribution in [-0.4, -0.2) is 42.3 Å². The highest BCUT2D eigenvalue weighted by molar-refractivity contribution is 4.86. The maximum absolute atomic E-state index is 12.3. The summed E-state index contributed by atoms with van der Waals surface area (Å²) in [5, 5.41) is 7.60. The Morgan fingerprint density at radius 2 is 1.13 bits per heavy atom. The molecule has 0 aromatic heterocycles. The number of hydrogen-bond donors (Lipinski definition) is 1. The SMILES string of the molecule is OC(F)(F)C(F)C(F)C(F)C(F)C(F)F. The summed E-state index contributed by atoms with van der Waals surface area (Å²) in [5.41, 5.74) is 0. The molecule has 0 aliphatic heterocycles. The lowest BCUT2D eigenvalue weighted by molar-refractivity contribution is -0.258. The van der Waals surface area contributed by atoms with Gasteiger partial charge in [0.1, 0.15) is 0 Å². The molecule has 0 bridgehead atoms. The maximum Gasteiger partial charge on any atom is 0.387 e. The second-order valence-corrected chi connectivity index (χ2v) is 2.66. The van der Waals surface area contributed by atoms with Gasteiger partial charge in [0.25, 0.3) is 6.43 Å². The molecule has 0 saturated carbocycles. The highest BCUT2D eigenvalue weighted by Crippen LogP contribution is 2.28. The second-order valence-electron chi connectivity index (χ2n) is 2.66. The average Bonchev–Trinajstić information content (AvgIpc) is 2.11. The van der Waals surface area contributed by atoms with Crippen molar-refractivity contribution >= 4 is 0 Å². The zero-order valence-electron chi connectivity index (χ0n) is 6.86. The highest BCUT2D eigenvalue weighted by Gasteiger charge is 2.50. The molecule has 15 heavy (non-hydrogen) atoms. The van der Waals surface area contributed by atoms with Crippen LogP contribution in [0, 0.1) is 0 Å². The fourth-order valence-electron chi connectivity index (χ4n) is 0.668. The summed E-state index contributed by atoms with van der Waals surface area (Å²) in [6.45, 7) is 0. The van der Waals surface area contributed by atoms with Crippen LogP contribution in [-0.2, 0) is 0 Å². The minimum Gasteiger partial charge on any atom is -0.334 e. The standard InChI is InChI=1S/C6H6F8O/c7-1(3(9)5(11)12)2(8)4(10)6(13,14)15/h1-5,15H. The van der Waals surface area contributed by atoms with Crippen molar-refractivity contribution in [3.05, 3.63) is 0 Å². The molecule has 0 aromatic carbocycles. The van der Waals surface area contributed by atoms with Crippen molar-refractivity contribution in [1.82, 2.24) is 0 Å². The molecule has 0 aromatic rings. The van der Waals surface area contributed by atoms with E-state index in [2.05, 4.69) is 0 Å². The van der Waals surface area contributed by atoms with Crippen molar-refractivity contribution in [1.29, 1.82) is 0 Å². The van der Waals surface area contributed by atoms with Gasteiger partial charge in [0.05, 0.1) is 0 Å². The molecule has 9 heteroatoms. The van der Waals surface area contributed by atoms with Gasteiger partial charge in [-0.15, -0.1) is 0 Å². The molecule has 1 N–H and O–H groups in total. The monoisotopic (exact) mass is 246 g/mol. The lowest BCUT2D eigenvalue weighted by atomic mass is 10.1. The van der Waals surface area contributed by atoms with E-state index in [1.54, 1.807) is 0 Å². The van der Waals surface area contributed by atoms with Crippen LogP contribution in [0.3, 0.4) is 0 Å². The molecule has 92 valence electrons. The zero-order chi connectivity index (χ0) is 12.4. The van der Waals surface area contributed by atoms with Crippen molar-refractivity contribution in [3.8, 4) is 0 Å². The van der Waals surface area contributed by atoms with Crippen LogP contribution < -0.4 is 0 Å². The normalized spacial score (nSPS) is 21.2. The quantitative estimate of drug-likeness (QED) is 0.737. The van der Waals surface area contributed by atoms with E-state index in [1.165, 1.54) is 0 Å². The van der Waals surface area contributed by atoms with Gasteiger partial charge in [0.2, 0.25) is 6.17 Å². The number of hydrogen-bond acceptors (Lipinski definition) is 1. The number of halogens is 8. The Hall–Kier alpha value is -0.600. The van der Waals surface area contributed by atoms with Crippen molar-refractivity contribution in [2.75, 3.05) is 0 Å². The van der Waals surface area contributed by atoms with Gasteiger partial charge in [-0.05, 0) is 0 Å². The van der Waals surface area contributed by atoms with Crippen LogP contribution in [0.15, 0.2) is 0 Å². The molecule has 0 heterocycles. The third-order valence-corrected chi connectivity index (χ3v) is 1.46. The Kier molecular flexibility index (Phi) is 4.75. The molecule has 0 spiro atoms. The Morgan fingerprint density at radius 3 is 1.40 bits per heavy atom. The minimum atomic E-state index is -5.26. The van der Waals surface area contributed by atoms with Crippen LogP contribution in [0.2, 0.25) is 0 Å². The summed E-state index contributed by atoms with van der Waals surface area (Å²) in [6.07, 6.45) is -24.7. The van der Waals surface area contributed by atoms with Gasteiger partial charge < -0.3 is 5.11 Å². The van der Waals surface area contributed by atoms with Crippen molar-refractivity contribution < 1.29 is 40.2 Å².